The van der Waals surface area contributed by atoms with Crippen molar-refractivity contribution in [1.29, 1.82) is 0 Å². The Labute approximate surface area is 123 Å². The van der Waals surface area contributed by atoms with Gasteiger partial charge in [0, 0.05) is 5.69 Å². The highest BCUT2D eigenvalue weighted by molar-refractivity contribution is 7.91. The van der Waals surface area contributed by atoms with Crippen LogP contribution in [0.1, 0.15) is 15.9 Å². The predicted molar refractivity (Wildman–Crippen MR) is 80.5 cm³/mol. The van der Waals surface area contributed by atoms with Crippen LogP contribution < -0.4 is 4.72 Å². The fourth-order valence-electron chi connectivity index (χ4n) is 1.85. The molecule has 0 atom stereocenters. The van der Waals surface area contributed by atoms with Gasteiger partial charge in [-0.25, -0.2) is 13.2 Å². The highest BCUT2D eigenvalue weighted by Gasteiger charge is 2.13. The number of carbonyl (C=O) groups is 1. The van der Waals surface area contributed by atoms with Gasteiger partial charge in [0.05, 0.1) is 18.4 Å². The summed E-state index contributed by atoms with van der Waals surface area (Å²) in [7, 11) is -2.26. The smallest absolute Gasteiger partial charge is 0.337 e. The maximum Gasteiger partial charge on any atom is 0.337 e. The summed E-state index contributed by atoms with van der Waals surface area (Å²) < 4.78 is 31.3. The Kier molecular flexibility index (Phi) is 4.59. The predicted octanol–water partition coefficient (Wildman–Crippen LogP) is 2.42. The second-order valence-electron chi connectivity index (χ2n) is 4.42. The van der Waals surface area contributed by atoms with Crippen LogP contribution in [0.2, 0.25) is 0 Å². The molecule has 2 rings (SSSR count). The van der Waals surface area contributed by atoms with E-state index in [9.17, 15) is 13.2 Å². The second kappa shape index (κ2) is 6.41. The zero-order chi connectivity index (χ0) is 15.3. The van der Waals surface area contributed by atoms with Gasteiger partial charge in [-0.05, 0) is 29.8 Å². The number of ether oxygens (including phenoxy) is 1. The van der Waals surface area contributed by atoms with Crippen LogP contribution in [0.25, 0.3) is 0 Å². The van der Waals surface area contributed by atoms with E-state index in [2.05, 4.69) is 9.46 Å². The number of methoxy groups -OCH3 is 1. The molecule has 21 heavy (non-hydrogen) atoms. The largest absolute Gasteiger partial charge is 0.465 e. The molecule has 0 radical (unpaired) electrons. The summed E-state index contributed by atoms with van der Waals surface area (Å²) in [5, 5.41) is 0. The van der Waals surface area contributed by atoms with Crippen LogP contribution in [0.4, 0.5) is 5.69 Å². The van der Waals surface area contributed by atoms with Crippen molar-refractivity contribution < 1.29 is 17.9 Å². The summed E-state index contributed by atoms with van der Waals surface area (Å²) in [6.07, 6.45) is 0. The average Bonchev–Trinajstić information content (AvgIpc) is 2.46. The average molecular weight is 305 g/mol. The van der Waals surface area contributed by atoms with Crippen molar-refractivity contribution in [3.8, 4) is 0 Å². The van der Waals surface area contributed by atoms with Gasteiger partial charge in [0.2, 0.25) is 10.0 Å². The van der Waals surface area contributed by atoms with Crippen LogP contribution in [-0.2, 0) is 20.5 Å². The Morgan fingerprint density at radius 1 is 1.10 bits per heavy atom. The van der Waals surface area contributed by atoms with Gasteiger partial charge in [-0.3, -0.25) is 4.72 Å². The number of hydrogen-bond acceptors (Lipinski definition) is 4. The molecule has 0 saturated carbocycles. The van der Waals surface area contributed by atoms with Gasteiger partial charge >= 0.3 is 5.97 Å². The van der Waals surface area contributed by atoms with E-state index in [1.165, 1.54) is 13.2 Å². The highest BCUT2D eigenvalue weighted by Crippen LogP contribution is 2.14. The summed E-state index contributed by atoms with van der Waals surface area (Å²) in [6, 6.07) is 15.0. The molecule has 0 aliphatic carbocycles. The normalized spacial score (nSPS) is 10.9. The fourth-order valence-corrected chi connectivity index (χ4v) is 3.03. The minimum absolute atomic E-state index is 0.216. The lowest BCUT2D eigenvalue weighted by molar-refractivity contribution is 0.0600. The zero-order valence-corrected chi connectivity index (χ0v) is 12.3. The van der Waals surface area contributed by atoms with Gasteiger partial charge in [0.25, 0.3) is 0 Å². The Morgan fingerprint density at radius 3 is 2.48 bits per heavy atom. The summed E-state index contributed by atoms with van der Waals surface area (Å²) >= 11 is 0. The topological polar surface area (TPSA) is 72.5 Å². The van der Waals surface area contributed by atoms with E-state index < -0.39 is 16.0 Å². The molecule has 5 nitrogen and oxygen atoms in total. The molecule has 0 aliphatic heterocycles. The minimum Gasteiger partial charge on any atom is -0.465 e. The second-order valence-corrected chi connectivity index (χ2v) is 6.14. The molecule has 0 aromatic heterocycles. The first-order valence-electron chi connectivity index (χ1n) is 6.23. The van der Waals surface area contributed by atoms with Gasteiger partial charge in [0.1, 0.15) is 0 Å². The Morgan fingerprint density at radius 2 is 1.81 bits per heavy atom. The minimum atomic E-state index is -3.54. The SMILES string of the molecule is COC(=O)c1cccc(CS(=O)(=O)Nc2ccccc2)c1. The van der Waals surface area contributed by atoms with Crippen molar-refractivity contribution in [3.63, 3.8) is 0 Å². The van der Waals surface area contributed by atoms with Crippen molar-refractivity contribution >= 4 is 21.7 Å². The van der Waals surface area contributed by atoms with Crippen LogP contribution in [-0.4, -0.2) is 21.5 Å². The lowest BCUT2D eigenvalue weighted by atomic mass is 10.1. The van der Waals surface area contributed by atoms with Crippen molar-refractivity contribution in [2.75, 3.05) is 11.8 Å². The third-order valence-electron chi connectivity index (χ3n) is 2.75. The number of rotatable bonds is 5. The number of hydrogen-bond donors (Lipinski definition) is 1. The first-order valence-corrected chi connectivity index (χ1v) is 7.88. The van der Waals surface area contributed by atoms with E-state index in [-0.39, 0.29) is 5.75 Å². The molecular weight excluding hydrogens is 290 g/mol. The third-order valence-corrected chi connectivity index (χ3v) is 4.01. The number of benzene rings is 2. The third kappa shape index (κ3) is 4.32. The van der Waals surface area contributed by atoms with E-state index >= 15 is 0 Å². The van der Waals surface area contributed by atoms with Gasteiger partial charge in [-0.2, -0.15) is 0 Å². The van der Waals surface area contributed by atoms with Crippen LogP contribution in [0.3, 0.4) is 0 Å². The Balaban J connectivity index is 2.15. The lowest BCUT2D eigenvalue weighted by Crippen LogP contribution is -2.15. The summed E-state index contributed by atoms with van der Waals surface area (Å²) in [4.78, 5) is 11.4. The van der Waals surface area contributed by atoms with Gasteiger partial charge < -0.3 is 4.74 Å². The molecule has 0 aliphatic rings. The standard InChI is InChI=1S/C15H15NO4S/c1-20-15(17)13-7-5-6-12(10-13)11-21(18,19)16-14-8-3-2-4-9-14/h2-10,16H,11H2,1H3. The van der Waals surface area contributed by atoms with E-state index in [4.69, 9.17) is 0 Å². The van der Waals surface area contributed by atoms with Crippen molar-refractivity contribution in [1.82, 2.24) is 0 Å². The number of anilines is 1. The van der Waals surface area contributed by atoms with Crippen molar-refractivity contribution in [2.45, 2.75) is 5.75 Å². The zero-order valence-electron chi connectivity index (χ0n) is 11.4. The molecule has 1 N–H and O–H groups in total. The number of carbonyl (C=O) groups excluding carboxylic acids is 1. The molecule has 6 heteroatoms. The lowest BCUT2D eigenvalue weighted by Gasteiger charge is -2.08. The van der Waals surface area contributed by atoms with Gasteiger partial charge in [-0.1, -0.05) is 30.3 Å². The van der Waals surface area contributed by atoms with Gasteiger partial charge in [-0.15, -0.1) is 0 Å². The fraction of sp³-hybridized carbons (Fsp3) is 0.133. The summed E-state index contributed by atoms with van der Waals surface area (Å²) in [5.41, 5.74) is 1.34. The van der Waals surface area contributed by atoms with Gasteiger partial charge in [0.15, 0.2) is 0 Å². The first-order chi connectivity index (χ1) is 10.00. The Hall–Kier alpha value is -2.34. The highest BCUT2D eigenvalue weighted by atomic mass is 32.2. The van der Waals surface area contributed by atoms with Crippen molar-refractivity contribution in [2.24, 2.45) is 0 Å². The molecule has 0 fully saturated rings. The molecule has 0 amide bonds. The molecule has 2 aromatic carbocycles. The summed E-state index contributed by atoms with van der Waals surface area (Å²) in [5.74, 6) is -0.711. The van der Waals surface area contributed by atoms with E-state index in [0.29, 0.717) is 16.8 Å². The van der Waals surface area contributed by atoms with E-state index in [0.717, 1.165) is 0 Å². The Bertz CT molecular complexity index is 726. The molecule has 0 saturated heterocycles. The number of para-hydroxylation sites is 1. The van der Waals surface area contributed by atoms with E-state index in [1.54, 1.807) is 48.5 Å². The van der Waals surface area contributed by atoms with Crippen LogP contribution >= 0.6 is 0 Å². The summed E-state index contributed by atoms with van der Waals surface area (Å²) in [6.45, 7) is 0. The number of esters is 1. The molecule has 2 aromatic rings. The quantitative estimate of drug-likeness (QED) is 0.861. The first kappa shape index (κ1) is 15.1. The van der Waals surface area contributed by atoms with E-state index in [1.807, 2.05) is 0 Å². The maximum atomic E-state index is 12.1. The van der Waals surface area contributed by atoms with Crippen LogP contribution in [0.15, 0.2) is 54.6 Å². The van der Waals surface area contributed by atoms with Crippen molar-refractivity contribution in [3.05, 3.63) is 65.7 Å². The molecule has 0 bridgehead atoms. The number of nitrogens with one attached hydrogen (secondary N) is 1. The molecular formula is C15H15NO4S. The molecule has 0 spiro atoms. The number of sulfonamides is 1. The molecule has 110 valence electrons. The molecule has 0 unspecified atom stereocenters. The van der Waals surface area contributed by atoms with Crippen LogP contribution in [0, 0.1) is 0 Å². The van der Waals surface area contributed by atoms with Crippen LogP contribution in [0.5, 0.6) is 0 Å². The monoisotopic (exact) mass is 305 g/mol. The molecule has 0 heterocycles. The maximum absolute atomic E-state index is 12.1.